The molecule has 0 amide bonds. The van der Waals surface area contributed by atoms with Crippen molar-refractivity contribution in [3.05, 3.63) is 38.0 Å². The molecule has 2 aromatic rings. The number of aromatic amines is 2. The smallest absolute Gasteiger partial charge is 0.325 e. The number of hydrogen-bond acceptors (Lipinski definition) is 6. The topological polar surface area (TPSA) is 132 Å². The number of aromatic nitrogens is 4. The van der Waals surface area contributed by atoms with Crippen LogP contribution in [-0.2, 0) is 5.75 Å². The highest BCUT2D eigenvalue weighted by molar-refractivity contribution is 7.98. The Bertz CT molecular complexity index is 751. The highest BCUT2D eigenvalue weighted by Gasteiger charge is 2.23. The van der Waals surface area contributed by atoms with Gasteiger partial charge in [0.05, 0.1) is 0 Å². The lowest BCUT2D eigenvalue weighted by molar-refractivity contribution is -0.444. The number of quaternary nitrogens is 1. The third-order valence-electron chi connectivity index (χ3n) is 3.66. The lowest BCUT2D eigenvalue weighted by Crippen LogP contribution is -2.56. The maximum absolute atomic E-state index is 11.8. The monoisotopic (exact) mass is 326 g/mol. The third kappa shape index (κ3) is 3.66. The Kier molecular flexibility index (Phi) is 5.19. The molecule has 0 aromatic carbocycles. The lowest BCUT2D eigenvalue weighted by Gasteiger charge is -2.09. The average Bonchev–Trinajstić information content (AvgIpc) is 2.93. The van der Waals surface area contributed by atoms with E-state index >= 15 is 0 Å². The zero-order valence-electron chi connectivity index (χ0n) is 12.8. The highest BCUT2D eigenvalue weighted by Crippen LogP contribution is 2.24. The molecule has 5 N–H and O–H groups in total. The predicted octanol–water partition coefficient (Wildman–Crippen LogP) is 0.376. The van der Waals surface area contributed by atoms with Gasteiger partial charge in [0.2, 0.25) is 0 Å². The number of hydrogen-bond donors (Lipinski definition) is 3. The van der Waals surface area contributed by atoms with Crippen molar-refractivity contribution >= 4 is 11.8 Å². The van der Waals surface area contributed by atoms with E-state index in [1.165, 1.54) is 11.8 Å². The summed E-state index contributed by atoms with van der Waals surface area (Å²) in [6.45, 7) is 5.85. The molecule has 9 heteroatoms. The Morgan fingerprint density at radius 1 is 1.32 bits per heavy atom. The first kappa shape index (κ1) is 16.5. The van der Waals surface area contributed by atoms with E-state index in [-0.39, 0.29) is 6.04 Å². The molecule has 0 aliphatic carbocycles. The molecule has 0 saturated carbocycles. The van der Waals surface area contributed by atoms with E-state index in [0.717, 1.165) is 6.42 Å². The quantitative estimate of drug-likeness (QED) is 0.657. The van der Waals surface area contributed by atoms with Crippen molar-refractivity contribution in [3.8, 4) is 0 Å². The second-order valence-corrected chi connectivity index (χ2v) is 6.13. The van der Waals surface area contributed by atoms with E-state index in [9.17, 15) is 9.59 Å². The van der Waals surface area contributed by atoms with E-state index in [0.29, 0.717) is 34.0 Å². The number of H-pyrrole nitrogens is 2. The van der Waals surface area contributed by atoms with Crippen molar-refractivity contribution in [1.82, 2.24) is 20.2 Å². The number of thioether (sulfide) groups is 1. The summed E-state index contributed by atoms with van der Waals surface area (Å²) in [5.74, 6) is 1.19. The first-order valence-electron chi connectivity index (χ1n) is 7.03. The predicted molar refractivity (Wildman–Crippen MR) is 81.4 cm³/mol. The van der Waals surface area contributed by atoms with Crippen molar-refractivity contribution in [2.75, 3.05) is 0 Å². The second-order valence-electron chi connectivity index (χ2n) is 5.20. The molecule has 120 valence electrons. The zero-order chi connectivity index (χ0) is 16.3. The van der Waals surface area contributed by atoms with Gasteiger partial charge in [-0.3, -0.25) is 9.78 Å². The van der Waals surface area contributed by atoms with Gasteiger partial charge < -0.3 is 15.1 Å². The normalized spacial score (nSPS) is 14.0. The molecule has 0 fully saturated rings. The molecule has 0 aliphatic rings. The number of rotatable bonds is 6. The minimum atomic E-state index is -0.509. The fourth-order valence-electron chi connectivity index (χ4n) is 1.89. The Morgan fingerprint density at radius 2 is 2.05 bits per heavy atom. The molecular weight excluding hydrogens is 306 g/mol. The summed E-state index contributed by atoms with van der Waals surface area (Å²) in [4.78, 5) is 27.7. The average molecular weight is 326 g/mol. The van der Waals surface area contributed by atoms with E-state index in [1.807, 2.05) is 0 Å². The Morgan fingerprint density at radius 3 is 2.68 bits per heavy atom. The second kappa shape index (κ2) is 6.93. The largest absolute Gasteiger partial charge is 0.410 e. The molecular formula is C13H20N5O3S+. The third-order valence-corrected chi connectivity index (χ3v) is 4.51. The standard InChI is InChI=1S/C13H19N5O3S/c1-4-6(2)9(14)11-17-18-13(21-11)22-5-8-7(3)15-12(20)16-10(8)19/h6,9H,4-5,14H2,1-3H3,(H2,15,16,19,20)/p+1/t6-,9+/m1/s1. The first-order valence-corrected chi connectivity index (χ1v) is 8.02. The summed E-state index contributed by atoms with van der Waals surface area (Å²) in [5, 5.41) is 8.37. The molecule has 0 radical (unpaired) electrons. The van der Waals surface area contributed by atoms with Crippen molar-refractivity contribution in [3.63, 3.8) is 0 Å². The zero-order valence-corrected chi connectivity index (χ0v) is 13.6. The van der Waals surface area contributed by atoms with E-state index < -0.39 is 11.2 Å². The van der Waals surface area contributed by atoms with Gasteiger partial charge >= 0.3 is 5.69 Å². The van der Waals surface area contributed by atoms with E-state index in [2.05, 4.69) is 39.7 Å². The molecule has 0 bridgehead atoms. The van der Waals surface area contributed by atoms with Crippen LogP contribution in [0, 0.1) is 12.8 Å². The van der Waals surface area contributed by atoms with Crippen LogP contribution < -0.4 is 17.0 Å². The van der Waals surface area contributed by atoms with E-state index in [1.54, 1.807) is 6.92 Å². The van der Waals surface area contributed by atoms with Crippen LogP contribution in [0.1, 0.15) is 43.5 Å². The van der Waals surface area contributed by atoms with Crippen molar-refractivity contribution in [2.24, 2.45) is 5.92 Å². The van der Waals surface area contributed by atoms with Crippen LogP contribution in [0.4, 0.5) is 0 Å². The molecule has 2 rings (SSSR count). The molecule has 0 aliphatic heterocycles. The van der Waals surface area contributed by atoms with Gasteiger partial charge in [0.1, 0.15) is 0 Å². The van der Waals surface area contributed by atoms with Crippen LogP contribution in [0.2, 0.25) is 0 Å². The minimum Gasteiger partial charge on any atom is -0.410 e. The van der Waals surface area contributed by atoms with Gasteiger partial charge in [-0.15, -0.1) is 10.2 Å². The van der Waals surface area contributed by atoms with E-state index in [4.69, 9.17) is 4.42 Å². The molecule has 22 heavy (non-hydrogen) atoms. The lowest BCUT2D eigenvalue weighted by atomic mass is 10.0. The number of aryl methyl sites for hydroxylation is 1. The van der Waals surface area contributed by atoms with Gasteiger partial charge in [-0.1, -0.05) is 25.6 Å². The molecule has 2 atom stereocenters. The summed E-state index contributed by atoms with van der Waals surface area (Å²) in [6.07, 6.45) is 0.977. The molecule has 0 unspecified atom stereocenters. The molecule has 0 saturated heterocycles. The molecule has 2 aromatic heterocycles. The Balaban J connectivity index is 2.09. The SMILES string of the molecule is CC[C@@H](C)[C@H]([NH3+])c1nnc(SCc2c(C)[nH]c(=O)[nH]c2=O)o1. The maximum Gasteiger partial charge on any atom is 0.325 e. The van der Waals surface area contributed by atoms with Crippen molar-refractivity contribution in [1.29, 1.82) is 0 Å². The van der Waals surface area contributed by atoms with Crippen molar-refractivity contribution < 1.29 is 10.2 Å². The van der Waals surface area contributed by atoms with Gasteiger partial charge in [0, 0.05) is 22.9 Å². The summed E-state index contributed by atoms with van der Waals surface area (Å²) in [6, 6.07) is -0.0509. The fraction of sp³-hybridized carbons (Fsp3) is 0.538. The van der Waals surface area contributed by atoms with Gasteiger partial charge in [0.25, 0.3) is 16.7 Å². The van der Waals surface area contributed by atoms with Gasteiger partial charge in [-0.25, -0.2) is 4.79 Å². The fourth-order valence-corrected chi connectivity index (χ4v) is 2.75. The van der Waals surface area contributed by atoms with Crippen LogP contribution in [0.15, 0.2) is 19.2 Å². The summed E-state index contributed by atoms with van der Waals surface area (Å²) in [7, 11) is 0. The summed E-state index contributed by atoms with van der Waals surface area (Å²) >= 11 is 1.26. The van der Waals surface area contributed by atoms with Crippen LogP contribution >= 0.6 is 11.8 Å². The van der Waals surface area contributed by atoms with Crippen molar-refractivity contribution in [2.45, 2.75) is 44.2 Å². The summed E-state index contributed by atoms with van der Waals surface area (Å²) in [5.41, 5.74) is 4.16. The molecule has 8 nitrogen and oxygen atoms in total. The van der Waals surface area contributed by atoms with Crippen LogP contribution in [-0.4, -0.2) is 20.2 Å². The Hall–Kier alpha value is -1.87. The van der Waals surface area contributed by atoms with Gasteiger partial charge in [-0.2, -0.15) is 0 Å². The number of nitrogens with one attached hydrogen (secondary N) is 2. The maximum atomic E-state index is 11.8. The highest BCUT2D eigenvalue weighted by atomic mass is 32.2. The molecule has 0 spiro atoms. The molecule has 2 heterocycles. The number of nitrogens with zero attached hydrogens (tertiary/aromatic N) is 2. The van der Waals surface area contributed by atoms with Crippen LogP contribution in [0.3, 0.4) is 0 Å². The summed E-state index contributed by atoms with van der Waals surface area (Å²) < 4.78 is 5.59. The minimum absolute atomic E-state index is 0.0509. The van der Waals surface area contributed by atoms with Crippen LogP contribution in [0.25, 0.3) is 0 Å². The Labute approximate surface area is 130 Å². The van der Waals surface area contributed by atoms with Crippen LogP contribution in [0.5, 0.6) is 0 Å². The first-order chi connectivity index (χ1) is 10.4. The van der Waals surface area contributed by atoms with Gasteiger partial charge in [-0.05, 0) is 13.3 Å². The van der Waals surface area contributed by atoms with Gasteiger partial charge in [0.15, 0.2) is 6.04 Å².